The lowest BCUT2D eigenvalue weighted by molar-refractivity contribution is -0.306. The van der Waals surface area contributed by atoms with E-state index in [1.54, 1.807) is 6.08 Å². The fraction of sp³-hybridized carbons (Fsp3) is 0.870. The van der Waals surface area contributed by atoms with Crippen LogP contribution in [0, 0.1) is 0 Å². The summed E-state index contributed by atoms with van der Waals surface area (Å²) in [5.74, 6) is -0.561. The molecular formula is C23H43N5O10. The van der Waals surface area contributed by atoms with Gasteiger partial charge in [-0.3, -0.25) is 4.79 Å². The maximum Gasteiger partial charge on any atom is 0.275 e. The maximum absolute atomic E-state index is 12.7. The number of hydrogen-bond donors (Lipinski definition) is 10. The first-order valence-corrected chi connectivity index (χ1v) is 13.0. The fourth-order valence-corrected chi connectivity index (χ4v) is 4.85. The zero-order chi connectivity index (χ0) is 28.0. The Morgan fingerprint density at radius 3 is 2.55 bits per heavy atom. The molecule has 2 aliphatic heterocycles. The van der Waals surface area contributed by atoms with Crippen molar-refractivity contribution in [3.63, 3.8) is 0 Å². The summed E-state index contributed by atoms with van der Waals surface area (Å²) in [6, 6.07) is -2.96. The lowest BCUT2D eigenvalue weighted by Crippen LogP contribution is -2.68. The third-order valence-corrected chi connectivity index (χ3v) is 7.16. The zero-order valence-electron chi connectivity index (χ0n) is 21.2. The predicted molar refractivity (Wildman–Crippen MR) is 132 cm³/mol. The monoisotopic (exact) mass is 549 g/mol. The molecular weight excluding hydrogens is 506 g/mol. The summed E-state index contributed by atoms with van der Waals surface area (Å²) in [4.78, 5) is 12.7. The molecule has 0 bridgehead atoms. The van der Waals surface area contributed by atoms with E-state index < -0.39 is 79.7 Å². The van der Waals surface area contributed by atoms with E-state index in [0.717, 1.165) is 0 Å². The van der Waals surface area contributed by atoms with Crippen molar-refractivity contribution in [2.45, 2.75) is 105 Å². The summed E-state index contributed by atoms with van der Waals surface area (Å²) < 4.78 is 23.1. The molecule has 1 saturated heterocycles. The number of nitrogens with one attached hydrogen (secondary N) is 1. The molecule has 0 radical (unpaired) electrons. The van der Waals surface area contributed by atoms with Crippen LogP contribution in [0.1, 0.15) is 32.1 Å². The van der Waals surface area contributed by atoms with E-state index in [0.29, 0.717) is 25.8 Å². The van der Waals surface area contributed by atoms with E-state index in [1.807, 2.05) is 0 Å². The summed E-state index contributed by atoms with van der Waals surface area (Å²) in [5.41, 5.74) is 23.4. The van der Waals surface area contributed by atoms with Crippen molar-refractivity contribution in [2.24, 2.45) is 22.9 Å². The standard InChI is InChI=1S/C23H43N5O10/c24-6-2-4-13(30)22(34)28-12-7-11(26)20(37-15-5-1-3-10(8-25)35-15)19(33)21(12)38-23-18(32)16(27)17(31)14(9-29)36-23/h5,10-14,16-21,23,29-33H,1-4,6-9,24-27H2,(H,28,34)/t10-,11-,12+,13-,14?,16-,17-,18?,19?,20?,21-,23+/m0/s1. The van der Waals surface area contributed by atoms with Crippen molar-refractivity contribution in [3.8, 4) is 0 Å². The highest BCUT2D eigenvalue weighted by Gasteiger charge is 2.50. The summed E-state index contributed by atoms with van der Waals surface area (Å²) in [6.45, 7) is -0.0337. The number of aliphatic hydroxyl groups is 5. The maximum atomic E-state index is 12.7. The van der Waals surface area contributed by atoms with Gasteiger partial charge in [0, 0.05) is 12.6 Å². The molecule has 4 unspecified atom stereocenters. The highest BCUT2D eigenvalue weighted by molar-refractivity contribution is 5.80. The van der Waals surface area contributed by atoms with Crippen LogP contribution in [0.25, 0.3) is 0 Å². The number of aliphatic hydroxyl groups excluding tert-OH is 5. The van der Waals surface area contributed by atoms with E-state index in [4.69, 9.17) is 41.9 Å². The molecule has 38 heavy (non-hydrogen) atoms. The molecule has 3 aliphatic rings. The van der Waals surface area contributed by atoms with Crippen LogP contribution < -0.4 is 28.3 Å². The van der Waals surface area contributed by atoms with E-state index in [1.165, 1.54) is 0 Å². The van der Waals surface area contributed by atoms with E-state index in [9.17, 15) is 30.3 Å². The van der Waals surface area contributed by atoms with Crippen molar-refractivity contribution in [3.05, 3.63) is 12.0 Å². The molecule has 15 heteroatoms. The summed E-state index contributed by atoms with van der Waals surface area (Å²) in [5, 5.41) is 54.5. The van der Waals surface area contributed by atoms with Crippen LogP contribution in [0.3, 0.4) is 0 Å². The van der Waals surface area contributed by atoms with Gasteiger partial charge in [-0.2, -0.15) is 0 Å². The van der Waals surface area contributed by atoms with E-state index in [2.05, 4.69) is 5.32 Å². The molecule has 3 rings (SSSR count). The van der Waals surface area contributed by atoms with Gasteiger partial charge < -0.3 is 72.7 Å². The van der Waals surface area contributed by atoms with Gasteiger partial charge in [0.1, 0.15) is 48.8 Å². The Kier molecular flexibility index (Phi) is 11.5. The molecule has 12 atom stereocenters. The number of nitrogens with two attached hydrogens (primary N) is 4. The minimum absolute atomic E-state index is 0.0518. The number of allylic oxidation sites excluding steroid dienone is 1. The van der Waals surface area contributed by atoms with Crippen molar-refractivity contribution in [1.82, 2.24) is 5.32 Å². The van der Waals surface area contributed by atoms with Crippen LogP contribution in [0.5, 0.6) is 0 Å². The number of carbonyl (C=O) groups excluding carboxylic acids is 1. The van der Waals surface area contributed by atoms with Gasteiger partial charge in [0.2, 0.25) is 5.91 Å². The fourth-order valence-electron chi connectivity index (χ4n) is 4.85. The first-order chi connectivity index (χ1) is 18.1. The van der Waals surface area contributed by atoms with Gasteiger partial charge in [-0.15, -0.1) is 0 Å². The Morgan fingerprint density at radius 1 is 1.16 bits per heavy atom. The van der Waals surface area contributed by atoms with Crippen molar-refractivity contribution >= 4 is 5.91 Å². The van der Waals surface area contributed by atoms with Gasteiger partial charge in [0.25, 0.3) is 5.95 Å². The van der Waals surface area contributed by atoms with Crippen LogP contribution in [0.2, 0.25) is 0 Å². The predicted octanol–water partition coefficient (Wildman–Crippen LogP) is -4.82. The van der Waals surface area contributed by atoms with Gasteiger partial charge in [0.15, 0.2) is 6.29 Å². The molecule has 0 aromatic rings. The average molecular weight is 550 g/mol. The second kappa shape index (κ2) is 14.1. The van der Waals surface area contributed by atoms with Crippen molar-refractivity contribution < 1.29 is 49.3 Å². The number of carbonyl (C=O) groups is 1. The largest absolute Gasteiger partial charge is 0.461 e. The van der Waals surface area contributed by atoms with Gasteiger partial charge in [-0.25, -0.2) is 0 Å². The topological polar surface area (TPSA) is 271 Å². The van der Waals surface area contributed by atoms with Crippen LogP contribution >= 0.6 is 0 Å². The molecule has 0 spiro atoms. The lowest BCUT2D eigenvalue weighted by Gasteiger charge is -2.47. The number of amides is 1. The van der Waals surface area contributed by atoms with Gasteiger partial charge in [-0.1, -0.05) is 0 Å². The van der Waals surface area contributed by atoms with Crippen molar-refractivity contribution in [1.29, 1.82) is 0 Å². The Hall–Kier alpha value is -1.63. The molecule has 15 nitrogen and oxygen atoms in total. The molecule has 14 N–H and O–H groups in total. The van der Waals surface area contributed by atoms with Crippen LogP contribution in [-0.4, -0.2) is 124 Å². The van der Waals surface area contributed by atoms with Crippen LogP contribution in [0.4, 0.5) is 0 Å². The number of ether oxygens (including phenoxy) is 4. The van der Waals surface area contributed by atoms with Gasteiger partial charge in [-0.05, 0) is 44.7 Å². The average Bonchev–Trinajstić information content (AvgIpc) is 2.91. The summed E-state index contributed by atoms with van der Waals surface area (Å²) in [6.07, 6.45) is -7.25. The smallest absolute Gasteiger partial charge is 0.275 e. The van der Waals surface area contributed by atoms with Crippen LogP contribution in [0.15, 0.2) is 12.0 Å². The van der Waals surface area contributed by atoms with E-state index in [-0.39, 0.29) is 31.4 Å². The highest BCUT2D eigenvalue weighted by atomic mass is 16.7. The second-order valence-corrected chi connectivity index (χ2v) is 10.00. The molecule has 220 valence electrons. The van der Waals surface area contributed by atoms with E-state index >= 15 is 0 Å². The third kappa shape index (κ3) is 7.31. The second-order valence-electron chi connectivity index (χ2n) is 10.00. The molecule has 1 amide bonds. The first-order valence-electron chi connectivity index (χ1n) is 13.0. The first kappa shape index (κ1) is 30.9. The molecule has 1 aliphatic carbocycles. The van der Waals surface area contributed by atoms with Crippen LogP contribution in [-0.2, 0) is 23.7 Å². The molecule has 2 fully saturated rings. The number of rotatable bonds is 11. The summed E-state index contributed by atoms with van der Waals surface area (Å²) in [7, 11) is 0. The molecule has 1 saturated carbocycles. The quantitative estimate of drug-likeness (QED) is 0.116. The Labute approximate surface area is 221 Å². The minimum atomic E-state index is -1.53. The third-order valence-electron chi connectivity index (χ3n) is 7.16. The zero-order valence-corrected chi connectivity index (χ0v) is 21.2. The minimum Gasteiger partial charge on any atom is -0.461 e. The van der Waals surface area contributed by atoms with Gasteiger partial charge >= 0.3 is 0 Å². The molecule has 0 aromatic heterocycles. The number of hydrogen-bond acceptors (Lipinski definition) is 14. The van der Waals surface area contributed by atoms with Gasteiger partial charge in [0.05, 0.1) is 18.7 Å². The van der Waals surface area contributed by atoms with Crippen molar-refractivity contribution in [2.75, 3.05) is 19.7 Å². The SMILES string of the molecule is NCCC[C@H](O)C(=O)N[C@@H]1C[C@H](N)C(OC2=CCC[C@@H](CN)O2)C(O)[C@H]1O[C@H]1OC(CO)[C@H](O)[C@H](N)C1O. The normalized spacial score (nSPS) is 40.6. The summed E-state index contributed by atoms with van der Waals surface area (Å²) >= 11 is 0. The highest BCUT2D eigenvalue weighted by Crippen LogP contribution is 2.31. The molecule has 0 aromatic carbocycles. The Morgan fingerprint density at radius 2 is 1.89 bits per heavy atom. The lowest BCUT2D eigenvalue weighted by atomic mass is 9.83. The molecule has 2 heterocycles. The Balaban J connectivity index is 1.81. The Bertz CT molecular complexity index is 792.